The SMILES string of the molecule is CC1C(C)N(c2cccc(Cl)c2)CCN1C(=O)c1ccc(C(=O)O)c(Cl)c1. The van der Waals surface area contributed by atoms with Crippen LogP contribution >= 0.6 is 23.2 Å². The van der Waals surface area contributed by atoms with Crippen LogP contribution in [0.5, 0.6) is 0 Å². The van der Waals surface area contributed by atoms with Gasteiger partial charge in [0.1, 0.15) is 0 Å². The summed E-state index contributed by atoms with van der Waals surface area (Å²) in [6.07, 6.45) is 0. The highest BCUT2D eigenvalue weighted by atomic mass is 35.5. The normalized spacial score (nSPS) is 19.9. The van der Waals surface area contributed by atoms with Crippen LogP contribution in [0.2, 0.25) is 10.0 Å². The second-order valence-electron chi connectivity index (χ2n) is 6.65. The number of carbonyl (C=O) groups is 2. The van der Waals surface area contributed by atoms with E-state index in [-0.39, 0.29) is 28.6 Å². The highest BCUT2D eigenvalue weighted by Crippen LogP contribution is 2.28. The molecule has 0 aliphatic carbocycles. The summed E-state index contributed by atoms with van der Waals surface area (Å²) in [5.74, 6) is -1.27. The summed E-state index contributed by atoms with van der Waals surface area (Å²) in [6, 6.07) is 12.0. The summed E-state index contributed by atoms with van der Waals surface area (Å²) < 4.78 is 0. The van der Waals surface area contributed by atoms with Gasteiger partial charge in [-0.15, -0.1) is 0 Å². The fraction of sp³-hybridized carbons (Fsp3) is 0.300. The average Bonchev–Trinajstić information content (AvgIpc) is 2.63. The molecule has 0 radical (unpaired) electrons. The van der Waals surface area contributed by atoms with Crippen molar-refractivity contribution in [3.05, 3.63) is 63.6 Å². The van der Waals surface area contributed by atoms with Gasteiger partial charge in [-0.2, -0.15) is 0 Å². The van der Waals surface area contributed by atoms with Gasteiger partial charge in [0.25, 0.3) is 5.91 Å². The van der Waals surface area contributed by atoms with Crippen molar-refractivity contribution >= 4 is 40.8 Å². The Balaban J connectivity index is 1.80. The maximum atomic E-state index is 13.0. The van der Waals surface area contributed by atoms with Crippen molar-refractivity contribution in [1.82, 2.24) is 4.90 Å². The van der Waals surface area contributed by atoms with E-state index in [1.54, 1.807) is 4.90 Å². The van der Waals surface area contributed by atoms with Gasteiger partial charge in [0.05, 0.1) is 10.6 Å². The number of hydrogen-bond acceptors (Lipinski definition) is 3. The van der Waals surface area contributed by atoms with Crippen LogP contribution in [-0.2, 0) is 0 Å². The molecular formula is C20H20Cl2N2O3. The Morgan fingerprint density at radius 2 is 1.78 bits per heavy atom. The third kappa shape index (κ3) is 3.89. The summed E-state index contributed by atoms with van der Waals surface area (Å²) >= 11 is 12.1. The van der Waals surface area contributed by atoms with Crippen LogP contribution in [0.3, 0.4) is 0 Å². The molecular weight excluding hydrogens is 387 g/mol. The zero-order valence-electron chi connectivity index (χ0n) is 15.0. The van der Waals surface area contributed by atoms with Gasteiger partial charge in [-0.05, 0) is 50.2 Å². The molecule has 1 N–H and O–H groups in total. The lowest BCUT2D eigenvalue weighted by atomic mass is 10.0. The molecule has 1 aliphatic heterocycles. The van der Waals surface area contributed by atoms with Gasteiger partial charge in [0, 0.05) is 41.4 Å². The van der Waals surface area contributed by atoms with Crippen molar-refractivity contribution < 1.29 is 14.7 Å². The average molecular weight is 407 g/mol. The molecule has 5 nitrogen and oxygen atoms in total. The lowest BCUT2D eigenvalue weighted by molar-refractivity contribution is 0.0631. The minimum Gasteiger partial charge on any atom is -0.478 e. The van der Waals surface area contributed by atoms with Gasteiger partial charge in [0.2, 0.25) is 0 Å². The number of hydrogen-bond donors (Lipinski definition) is 1. The number of halogens is 2. The number of aromatic carboxylic acids is 1. The van der Waals surface area contributed by atoms with E-state index in [0.717, 1.165) is 5.69 Å². The Kier molecular flexibility index (Phi) is 5.63. The molecule has 142 valence electrons. The molecule has 0 saturated carbocycles. The van der Waals surface area contributed by atoms with Crippen molar-refractivity contribution in [1.29, 1.82) is 0 Å². The molecule has 0 spiro atoms. The van der Waals surface area contributed by atoms with E-state index < -0.39 is 5.97 Å². The zero-order valence-corrected chi connectivity index (χ0v) is 16.5. The van der Waals surface area contributed by atoms with Gasteiger partial charge < -0.3 is 14.9 Å². The first-order valence-electron chi connectivity index (χ1n) is 8.65. The van der Waals surface area contributed by atoms with Crippen LogP contribution in [0, 0.1) is 0 Å². The summed E-state index contributed by atoms with van der Waals surface area (Å²) in [4.78, 5) is 28.1. The Labute approximate surface area is 168 Å². The van der Waals surface area contributed by atoms with Crippen molar-refractivity contribution in [3.63, 3.8) is 0 Å². The molecule has 2 atom stereocenters. The number of carboxylic acids is 1. The molecule has 0 aromatic heterocycles. The molecule has 1 amide bonds. The number of carboxylic acid groups (broad SMARTS) is 1. The smallest absolute Gasteiger partial charge is 0.337 e. The van der Waals surface area contributed by atoms with E-state index >= 15 is 0 Å². The summed E-state index contributed by atoms with van der Waals surface area (Å²) in [7, 11) is 0. The molecule has 2 aromatic rings. The topological polar surface area (TPSA) is 60.9 Å². The van der Waals surface area contributed by atoms with Crippen molar-refractivity contribution in [2.75, 3.05) is 18.0 Å². The third-order valence-electron chi connectivity index (χ3n) is 5.11. The van der Waals surface area contributed by atoms with E-state index in [2.05, 4.69) is 11.8 Å². The van der Waals surface area contributed by atoms with Crippen LogP contribution < -0.4 is 4.90 Å². The number of piperazine rings is 1. The van der Waals surface area contributed by atoms with Crippen molar-refractivity contribution in [3.8, 4) is 0 Å². The number of amides is 1. The minimum atomic E-state index is -1.11. The molecule has 1 saturated heterocycles. The standard InChI is InChI=1S/C20H20Cl2N2O3/c1-12-13(2)24(9-8-23(12)16-5-3-4-15(21)11-16)19(25)14-6-7-17(20(26)27)18(22)10-14/h3-7,10-13H,8-9H2,1-2H3,(H,26,27). The van der Waals surface area contributed by atoms with Crippen molar-refractivity contribution in [2.45, 2.75) is 25.9 Å². The third-order valence-corrected chi connectivity index (χ3v) is 5.66. The Morgan fingerprint density at radius 1 is 1.04 bits per heavy atom. The lowest BCUT2D eigenvalue weighted by Gasteiger charge is -2.46. The second kappa shape index (κ2) is 7.79. The maximum absolute atomic E-state index is 13.0. The predicted octanol–water partition coefficient (Wildman–Crippen LogP) is 4.43. The molecule has 27 heavy (non-hydrogen) atoms. The quantitative estimate of drug-likeness (QED) is 0.818. The van der Waals surface area contributed by atoms with Gasteiger partial charge >= 0.3 is 5.97 Å². The van der Waals surface area contributed by atoms with Crippen LogP contribution in [0.1, 0.15) is 34.6 Å². The van der Waals surface area contributed by atoms with E-state index in [1.807, 2.05) is 31.2 Å². The maximum Gasteiger partial charge on any atom is 0.337 e. The molecule has 2 aromatic carbocycles. The fourth-order valence-electron chi connectivity index (χ4n) is 3.44. The van der Waals surface area contributed by atoms with Crippen LogP contribution in [0.15, 0.2) is 42.5 Å². The minimum absolute atomic E-state index is 0.0135. The Hall–Kier alpha value is -2.24. The van der Waals surface area contributed by atoms with Gasteiger partial charge in [-0.1, -0.05) is 29.3 Å². The number of carbonyl (C=O) groups excluding carboxylic acids is 1. The molecule has 0 bridgehead atoms. The largest absolute Gasteiger partial charge is 0.478 e. The van der Waals surface area contributed by atoms with E-state index in [4.69, 9.17) is 28.3 Å². The molecule has 1 fully saturated rings. The van der Waals surface area contributed by atoms with Gasteiger partial charge in [0.15, 0.2) is 0 Å². The Bertz CT molecular complexity index is 887. The molecule has 3 rings (SSSR count). The highest BCUT2D eigenvalue weighted by molar-refractivity contribution is 6.33. The van der Waals surface area contributed by atoms with Crippen LogP contribution in [-0.4, -0.2) is 47.1 Å². The summed E-state index contributed by atoms with van der Waals surface area (Å²) in [5.41, 5.74) is 1.41. The number of benzene rings is 2. The Morgan fingerprint density at radius 3 is 2.41 bits per heavy atom. The number of rotatable bonds is 3. The molecule has 1 heterocycles. The summed E-state index contributed by atoms with van der Waals surface area (Å²) in [6.45, 7) is 5.31. The van der Waals surface area contributed by atoms with Gasteiger partial charge in [-0.3, -0.25) is 4.79 Å². The van der Waals surface area contributed by atoms with E-state index in [9.17, 15) is 9.59 Å². The number of anilines is 1. The van der Waals surface area contributed by atoms with Gasteiger partial charge in [-0.25, -0.2) is 4.79 Å². The first kappa shape index (κ1) is 19.5. The summed E-state index contributed by atoms with van der Waals surface area (Å²) in [5, 5.41) is 9.82. The highest BCUT2D eigenvalue weighted by Gasteiger charge is 2.34. The van der Waals surface area contributed by atoms with E-state index in [0.29, 0.717) is 23.7 Å². The molecule has 1 aliphatic rings. The molecule has 7 heteroatoms. The van der Waals surface area contributed by atoms with E-state index in [1.165, 1.54) is 18.2 Å². The first-order chi connectivity index (χ1) is 12.8. The lowest BCUT2D eigenvalue weighted by Crippen LogP contribution is -2.59. The number of nitrogens with zero attached hydrogens (tertiary/aromatic N) is 2. The van der Waals surface area contributed by atoms with Crippen LogP contribution in [0.4, 0.5) is 5.69 Å². The molecule has 2 unspecified atom stereocenters. The van der Waals surface area contributed by atoms with Crippen molar-refractivity contribution in [2.24, 2.45) is 0 Å². The predicted molar refractivity (Wildman–Crippen MR) is 107 cm³/mol. The zero-order chi connectivity index (χ0) is 19.7. The first-order valence-corrected chi connectivity index (χ1v) is 9.41. The fourth-order valence-corrected chi connectivity index (χ4v) is 3.88. The monoisotopic (exact) mass is 406 g/mol. The van der Waals surface area contributed by atoms with Crippen LogP contribution in [0.25, 0.3) is 0 Å². The second-order valence-corrected chi connectivity index (χ2v) is 7.50.